The molecule has 1 atom stereocenters. The Morgan fingerprint density at radius 2 is 2.03 bits per heavy atom. The van der Waals surface area contributed by atoms with Gasteiger partial charge in [0.1, 0.15) is 17.2 Å². The number of benzene rings is 1. The predicted molar refractivity (Wildman–Crippen MR) is 98.7 cm³/mol. The maximum Gasteiger partial charge on any atom is 0.274 e. The molecule has 1 aromatic heterocycles. The molecule has 0 saturated carbocycles. The lowest BCUT2D eigenvalue weighted by Gasteiger charge is -2.34. The van der Waals surface area contributed by atoms with E-state index in [0.29, 0.717) is 19.2 Å². The number of amides is 2. The molecule has 2 aromatic rings. The van der Waals surface area contributed by atoms with E-state index in [4.69, 9.17) is 0 Å². The second-order valence-electron chi connectivity index (χ2n) is 7.30. The van der Waals surface area contributed by atoms with Crippen LogP contribution >= 0.6 is 0 Å². The molecule has 0 radical (unpaired) electrons. The topological polar surface area (TPSA) is 91.6 Å². The van der Waals surface area contributed by atoms with Crippen LogP contribution in [-0.4, -0.2) is 39.5 Å². The van der Waals surface area contributed by atoms with E-state index >= 15 is 0 Å². The largest absolute Gasteiger partial charge is 0.503 e. The number of nitrogens with one attached hydrogen (secondary N) is 1. The van der Waals surface area contributed by atoms with Gasteiger partial charge in [0.15, 0.2) is 11.4 Å². The van der Waals surface area contributed by atoms with E-state index < -0.39 is 34.6 Å². The second kappa shape index (κ2) is 7.31. The molecular weight excluding hydrogens is 384 g/mol. The number of carbonyl (C=O) groups is 2. The van der Waals surface area contributed by atoms with Gasteiger partial charge in [0.05, 0.1) is 6.04 Å². The van der Waals surface area contributed by atoms with Crippen molar-refractivity contribution in [2.75, 3.05) is 13.1 Å². The van der Waals surface area contributed by atoms with Gasteiger partial charge in [-0.15, -0.1) is 0 Å². The minimum absolute atomic E-state index is 0.0524. The van der Waals surface area contributed by atoms with Crippen LogP contribution in [0.4, 0.5) is 8.78 Å². The van der Waals surface area contributed by atoms with Gasteiger partial charge in [0.25, 0.3) is 11.8 Å². The van der Waals surface area contributed by atoms with Gasteiger partial charge < -0.3 is 19.9 Å². The van der Waals surface area contributed by atoms with Gasteiger partial charge >= 0.3 is 0 Å². The van der Waals surface area contributed by atoms with E-state index in [2.05, 4.69) is 5.32 Å². The fourth-order valence-electron chi connectivity index (χ4n) is 3.90. The number of hydrogen-bond acceptors (Lipinski definition) is 4. The minimum atomic E-state index is -0.957. The lowest BCUT2D eigenvalue weighted by molar-refractivity contribution is 0.0677. The summed E-state index contributed by atoms with van der Waals surface area (Å²) in [5.41, 5.74) is -1.34. The third-order valence-corrected chi connectivity index (χ3v) is 5.44. The first-order valence-corrected chi connectivity index (χ1v) is 9.36. The van der Waals surface area contributed by atoms with E-state index in [1.807, 2.05) is 0 Å². The van der Waals surface area contributed by atoms with E-state index in [0.717, 1.165) is 25.3 Å². The van der Waals surface area contributed by atoms with Gasteiger partial charge in [-0.2, -0.15) is 0 Å². The van der Waals surface area contributed by atoms with Crippen LogP contribution in [0.5, 0.6) is 5.75 Å². The maximum atomic E-state index is 13.8. The van der Waals surface area contributed by atoms with E-state index in [-0.39, 0.29) is 29.4 Å². The first kappa shape index (κ1) is 19.1. The number of aromatic hydroxyl groups is 1. The van der Waals surface area contributed by atoms with E-state index in [1.54, 1.807) is 4.90 Å². The van der Waals surface area contributed by atoms with Gasteiger partial charge in [-0.1, -0.05) is 6.07 Å². The number of nitrogens with zero attached hydrogens (tertiary/aromatic N) is 2. The van der Waals surface area contributed by atoms with Crippen molar-refractivity contribution in [2.24, 2.45) is 0 Å². The Balaban J connectivity index is 1.66. The van der Waals surface area contributed by atoms with Gasteiger partial charge in [-0.05, 0) is 25.3 Å². The highest BCUT2D eigenvalue weighted by molar-refractivity contribution is 5.99. The summed E-state index contributed by atoms with van der Waals surface area (Å²) in [4.78, 5) is 39.3. The number of pyridine rings is 1. The Morgan fingerprint density at radius 3 is 2.79 bits per heavy atom. The van der Waals surface area contributed by atoms with Crippen LogP contribution in [-0.2, 0) is 6.54 Å². The van der Waals surface area contributed by atoms with Gasteiger partial charge in [-0.3, -0.25) is 14.4 Å². The van der Waals surface area contributed by atoms with Crippen LogP contribution in [0, 0.1) is 11.6 Å². The summed E-state index contributed by atoms with van der Waals surface area (Å²) in [6, 6.07) is 2.82. The van der Waals surface area contributed by atoms with Crippen molar-refractivity contribution in [2.45, 2.75) is 31.8 Å². The number of halogens is 2. The summed E-state index contributed by atoms with van der Waals surface area (Å²) in [7, 11) is 0. The summed E-state index contributed by atoms with van der Waals surface area (Å²) in [5, 5.41) is 12.8. The molecule has 1 fully saturated rings. The van der Waals surface area contributed by atoms with Crippen LogP contribution < -0.4 is 10.7 Å². The minimum Gasteiger partial charge on any atom is -0.503 e. The number of rotatable bonds is 3. The van der Waals surface area contributed by atoms with Crippen LogP contribution in [0.15, 0.2) is 29.2 Å². The van der Waals surface area contributed by atoms with Crippen molar-refractivity contribution < 1.29 is 23.5 Å². The molecule has 0 aliphatic carbocycles. The van der Waals surface area contributed by atoms with Crippen LogP contribution in [0.1, 0.15) is 51.7 Å². The molecule has 7 nitrogen and oxygen atoms in total. The molecule has 2 N–H and O–H groups in total. The quantitative estimate of drug-likeness (QED) is 0.820. The highest BCUT2D eigenvalue weighted by atomic mass is 19.1. The van der Waals surface area contributed by atoms with Crippen molar-refractivity contribution in [3.05, 3.63) is 63.1 Å². The molecule has 152 valence electrons. The molecule has 1 aromatic carbocycles. The smallest absolute Gasteiger partial charge is 0.274 e. The zero-order chi connectivity index (χ0) is 20.7. The summed E-state index contributed by atoms with van der Waals surface area (Å²) in [6.45, 7) is 0.757. The molecule has 0 spiro atoms. The van der Waals surface area contributed by atoms with Crippen LogP contribution in [0.25, 0.3) is 0 Å². The highest BCUT2D eigenvalue weighted by Gasteiger charge is 2.36. The summed E-state index contributed by atoms with van der Waals surface area (Å²) in [6.07, 6.45) is 3.75. The molecule has 0 unspecified atom stereocenters. The molecular formula is C20H19F2N3O4. The first-order chi connectivity index (χ1) is 13.9. The zero-order valence-electron chi connectivity index (χ0n) is 15.5. The molecule has 2 bridgehead atoms. The first-order valence-electron chi connectivity index (χ1n) is 9.36. The molecule has 9 heteroatoms. The SMILES string of the molecule is O=C(NCc1ccc(F)cc1F)c1cn2c(c(O)c1=O)C(=O)N1CCCC[C@@H]2C1. The van der Waals surface area contributed by atoms with Crippen molar-refractivity contribution in [3.63, 3.8) is 0 Å². The molecule has 29 heavy (non-hydrogen) atoms. The number of aromatic nitrogens is 1. The predicted octanol–water partition coefficient (Wildman–Crippen LogP) is 1.94. The monoisotopic (exact) mass is 403 g/mol. The lowest BCUT2D eigenvalue weighted by Crippen LogP contribution is -2.44. The van der Waals surface area contributed by atoms with Crippen molar-refractivity contribution in [1.82, 2.24) is 14.8 Å². The Hall–Kier alpha value is -3.23. The van der Waals surface area contributed by atoms with Crippen molar-refractivity contribution in [1.29, 1.82) is 0 Å². The van der Waals surface area contributed by atoms with Gasteiger partial charge in [0.2, 0.25) is 5.43 Å². The third kappa shape index (κ3) is 3.37. The average Bonchev–Trinajstić information content (AvgIpc) is 2.91. The number of hydrogen-bond donors (Lipinski definition) is 2. The molecule has 1 saturated heterocycles. The third-order valence-electron chi connectivity index (χ3n) is 5.44. The summed E-state index contributed by atoms with van der Waals surface area (Å²) in [5.74, 6) is -3.56. The van der Waals surface area contributed by atoms with Crippen LogP contribution in [0.3, 0.4) is 0 Å². The standard InChI is InChI=1S/C20H19F2N3O4/c21-12-5-4-11(15(22)7-12)8-23-19(28)14-10-25-13-3-1-2-6-24(9-13)20(29)16(25)18(27)17(14)26/h4-5,7,10,13,27H,1-3,6,8-9H2,(H,23,28)/t13-/m1/s1. The molecule has 3 heterocycles. The zero-order valence-corrected chi connectivity index (χ0v) is 15.5. The molecule has 4 rings (SSSR count). The lowest BCUT2D eigenvalue weighted by atomic mass is 10.1. The fourth-order valence-corrected chi connectivity index (χ4v) is 3.90. The molecule has 2 amide bonds. The Labute approximate surface area is 164 Å². The summed E-state index contributed by atoms with van der Waals surface area (Å²) < 4.78 is 28.3. The Kier molecular flexibility index (Phi) is 4.81. The summed E-state index contributed by atoms with van der Waals surface area (Å²) >= 11 is 0. The normalized spacial score (nSPS) is 18.2. The second-order valence-corrected chi connectivity index (χ2v) is 7.30. The van der Waals surface area contributed by atoms with Gasteiger partial charge in [0, 0.05) is 37.5 Å². The molecule has 2 aliphatic heterocycles. The van der Waals surface area contributed by atoms with Crippen molar-refractivity contribution >= 4 is 11.8 Å². The number of fused-ring (bicyclic) bond motifs is 4. The van der Waals surface area contributed by atoms with E-state index in [9.17, 15) is 28.3 Å². The van der Waals surface area contributed by atoms with Crippen LogP contribution in [0.2, 0.25) is 0 Å². The van der Waals surface area contributed by atoms with Gasteiger partial charge in [-0.25, -0.2) is 8.78 Å². The van der Waals surface area contributed by atoms with E-state index in [1.165, 1.54) is 16.8 Å². The Bertz CT molecular complexity index is 1070. The fraction of sp³-hybridized carbons (Fsp3) is 0.350. The maximum absolute atomic E-state index is 13.8. The molecule has 2 aliphatic rings. The van der Waals surface area contributed by atoms with Crippen molar-refractivity contribution in [3.8, 4) is 5.75 Å². The average molecular weight is 403 g/mol. The Morgan fingerprint density at radius 1 is 1.24 bits per heavy atom. The number of carbonyl (C=O) groups excluding carboxylic acids is 2. The highest BCUT2D eigenvalue weighted by Crippen LogP contribution is 2.31.